The molecule has 29 heavy (non-hydrogen) atoms. The van der Waals surface area contributed by atoms with Crippen molar-refractivity contribution in [2.45, 2.75) is 52.9 Å². The number of hydrogen-bond acceptors (Lipinski definition) is 5. The molecule has 2 amide bonds. The van der Waals surface area contributed by atoms with Crippen molar-refractivity contribution in [2.75, 3.05) is 11.9 Å². The van der Waals surface area contributed by atoms with Crippen molar-refractivity contribution in [3.05, 3.63) is 29.3 Å². The first kappa shape index (κ1) is 25.7. The van der Waals surface area contributed by atoms with Gasteiger partial charge in [0, 0.05) is 5.69 Å². The molecule has 0 fully saturated rings. The van der Waals surface area contributed by atoms with Crippen LogP contribution >= 0.6 is 0 Å². The van der Waals surface area contributed by atoms with Gasteiger partial charge in [-0.2, -0.15) is 0 Å². The molecule has 0 aliphatic rings. The summed E-state index contributed by atoms with van der Waals surface area (Å²) < 4.78 is 0. The minimum atomic E-state index is -1.08. The van der Waals surface area contributed by atoms with Crippen LogP contribution in [0.15, 0.2) is 23.4 Å². The predicted octanol–water partition coefficient (Wildman–Crippen LogP) is 2.52. The standard InChI is InChI=1S/C15H24N4O2.C4H6O4/c1-4-10-21-19-14(16)18-15(20)17-13-11(5-2)8-7-9-12(13)6-3;5-3(6)1-2-4(7)8/h7-9H,4-6,10H2,1-3H3,(H4,16,17,18,19,20);1-2H2,(H,5,6)(H,7,8). The maximum Gasteiger partial charge on any atom is 0.326 e. The van der Waals surface area contributed by atoms with Gasteiger partial charge in [0.25, 0.3) is 0 Å². The number of carboxylic acids is 2. The first-order chi connectivity index (χ1) is 13.7. The monoisotopic (exact) mass is 410 g/mol. The van der Waals surface area contributed by atoms with E-state index in [1.807, 2.05) is 39.0 Å². The first-order valence-corrected chi connectivity index (χ1v) is 9.32. The number of amides is 2. The third-order valence-electron chi connectivity index (χ3n) is 3.49. The Bertz CT molecular complexity index is 670. The summed E-state index contributed by atoms with van der Waals surface area (Å²) in [5.74, 6) is -2.22. The smallest absolute Gasteiger partial charge is 0.326 e. The van der Waals surface area contributed by atoms with Gasteiger partial charge in [-0.3, -0.25) is 14.9 Å². The van der Waals surface area contributed by atoms with Crippen LogP contribution in [0.3, 0.4) is 0 Å². The maximum absolute atomic E-state index is 12.0. The van der Waals surface area contributed by atoms with Gasteiger partial charge in [-0.05, 0) is 35.5 Å². The van der Waals surface area contributed by atoms with Crippen LogP contribution in [0, 0.1) is 0 Å². The van der Waals surface area contributed by atoms with Gasteiger partial charge in [-0.25, -0.2) is 4.79 Å². The van der Waals surface area contributed by atoms with Crippen molar-refractivity contribution in [3.63, 3.8) is 0 Å². The molecule has 1 aromatic rings. The van der Waals surface area contributed by atoms with Gasteiger partial charge in [0.1, 0.15) is 6.61 Å². The lowest BCUT2D eigenvalue weighted by atomic mass is 10.0. The molecule has 0 heterocycles. The number of carbonyl (C=O) groups is 3. The molecule has 0 bridgehead atoms. The number of nitrogens with zero attached hydrogens (tertiary/aromatic N) is 1. The number of para-hydroxylation sites is 1. The highest BCUT2D eigenvalue weighted by molar-refractivity contribution is 6.02. The zero-order valence-corrected chi connectivity index (χ0v) is 17.0. The Labute approximate surface area is 170 Å². The molecular weight excluding hydrogens is 380 g/mol. The first-order valence-electron chi connectivity index (χ1n) is 9.32. The van der Waals surface area contributed by atoms with E-state index in [0.29, 0.717) is 6.61 Å². The van der Waals surface area contributed by atoms with Crippen LogP contribution in [-0.2, 0) is 27.3 Å². The average molecular weight is 410 g/mol. The van der Waals surface area contributed by atoms with Crippen molar-refractivity contribution >= 4 is 29.6 Å². The fourth-order valence-corrected chi connectivity index (χ4v) is 2.11. The number of aliphatic carboxylic acids is 2. The summed E-state index contributed by atoms with van der Waals surface area (Å²) in [4.78, 5) is 36.1. The molecule has 0 radical (unpaired) electrons. The molecule has 0 aromatic heterocycles. The summed E-state index contributed by atoms with van der Waals surface area (Å²) in [5, 5.41) is 24.7. The summed E-state index contributed by atoms with van der Waals surface area (Å²) in [6.45, 7) is 6.51. The molecule has 10 nitrogen and oxygen atoms in total. The number of guanidine groups is 1. The Morgan fingerprint density at radius 2 is 1.55 bits per heavy atom. The number of hydrogen-bond donors (Lipinski definition) is 5. The number of aryl methyl sites for hydroxylation is 2. The van der Waals surface area contributed by atoms with Crippen LogP contribution < -0.4 is 16.4 Å². The van der Waals surface area contributed by atoms with Crippen LogP contribution in [0.4, 0.5) is 10.5 Å². The van der Waals surface area contributed by atoms with E-state index in [0.717, 1.165) is 36.1 Å². The molecule has 1 rings (SSSR count). The second-order valence-electron chi connectivity index (χ2n) is 5.83. The van der Waals surface area contributed by atoms with E-state index < -0.39 is 18.0 Å². The van der Waals surface area contributed by atoms with Gasteiger partial charge < -0.3 is 26.1 Å². The van der Waals surface area contributed by atoms with E-state index in [1.54, 1.807) is 0 Å². The highest BCUT2D eigenvalue weighted by Gasteiger charge is 2.10. The second-order valence-corrected chi connectivity index (χ2v) is 5.83. The zero-order valence-electron chi connectivity index (χ0n) is 17.0. The van der Waals surface area contributed by atoms with Crippen molar-refractivity contribution < 1.29 is 29.4 Å². The van der Waals surface area contributed by atoms with E-state index in [4.69, 9.17) is 20.8 Å². The highest BCUT2D eigenvalue weighted by Crippen LogP contribution is 2.22. The zero-order chi connectivity index (χ0) is 22.2. The topological polar surface area (TPSA) is 163 Å². The Balaban J connectivity index is 0.000000828. The quantitative estimate of drug-likeness (QED) is 0.181. The van der Waals surface area contributed by atoms with Gasteiger partial charge in [0.15, 0.2) is 0 Å². The molecule has 0 saturated carbocycles. The fraction of sp³-hybridized carbons (Fsp3) is 0.474. The number of carbonyl (C=O) groups excluding carboxylic acids is 1. The summed E-state index contributed by atoms with van der Waals surface area (Å²) in [6, 6.07) is 5.56. The minimum Gasteiger partial charge on any atom is -0.481 e. The van der Waals surface area contributed by atoms with E-state index in [1.165, 1.54) is 0 Å². The number of urea groups is 1. The average Bonchev–Trinajstić information content (AvgIpc) is 2.67. The Kier molecular flexibility index (Phi) is 13.0. The van der Waals surface area contributed by atoms with E-state index >= 15 is 0 Å². The summed E-state index contributed by atoms with van der Waals surface area (Å²) in [5.41, 5.74) is 8.57. The SMILES string of the molecule is CCCON=C(N)NC(=O)Nc1c(CC)cccc1CC.O=C(O)CCC(=O)O. The Morgan fingerprint density at radius 3 is 1.97 bits per heavy atom. The van der Waals surface area contributed by atoms with Crippen LogP contribution in [0.2, 0.25) is 0 Å². The van der Waals surface area contributed by atoms with Crippen molar-refractivity contribution in [1.29, 1.82) is 0 Å². The molecule has 0 unspecified atom stereocenters. The van der Waals surface area contributed by atoms with Gasteiger partial charge in [-0.15, -0.1) is 0 Å². The molecule has 0 atom stereocenters. The van der Waals surface area contributed by atoms with Crippen molar-refractivity contribution in [3.8, 4) is 0 Å². The third kappa shape index (κ3) is 11.9. The number of oxime groups is 1. The largest absolute Gasteiger partial charge is 0.481 e. The predicted molar refractivity (Wildman–Crippen MR) is 110 cm³/mol. The lowest BCUT2D eigenvalue weighted by Crippen LogP contribution is -2.40. The van der Waals surface area contributed by atoms with Gasteiger partial charge in [0.05, 0.1) is 12.8 Å². The van der Waals surface area contributed by atoms with Crippen LogP contribution in [0.1, 0.15) is 51.2 Å². The number of carboxylic acid groups (broad SMARTS) is 2. The van der Waals surface area contributed by atoms with Crippen LogP contribution in [0.5, 0.6) is 0 Å². The number of benzene rings is 1. The second kappa shape index (κ2) is 14.7. The molecular formula is C19H30N4O6. The fourth-order valence-electron chi connectivity index (χ4n) is 2.11. The lowest BCUT2D eigenvalue weighted by molar-refractivity contribution is -0.143. The van der Waals surface area contributed by atoms with E-state index in [-0.39, 0.29) is 18.8 Å². The molecule has 1 aromatic carbocycles. The van der Waals surface area contributed by atoms with Crippen LogP contribution in [0.25, 0.3) is 0 Å². The van der Waals surface area contributed by atoms with E-state index in [9.17, 15) is 14.4 Å². The molecule has 10 heteroatoms. The molecule has 0 aliphatic carbocycles. The van der Waals surface area contributed by atoms with Gasteiger partial charge >= 0.3 is 18.0 Å². The normalized spacial score (nSPS) is 10.4. The van der Waals surface area contributed by atoms with Gasteiger partial charge in [-0.1, -0.05) is 39.0 Å². The Hall–Kier alpha value is -3.30. The number of nitrogens with one attached hydrogen (secondary N) is 2. The summed E-state index contributed by atoms with van der Waals surface area (Å²) in [7, 11) is 0. The molecule has 162 valence electrons. The lowest BCUT2D eigenvalue weighted by Gasteiger charge is -2.14. The van der Waals surface area contributed by atoms with E-state index in [2.05, 4.69) is 15.8 Å². The molecule has 0 aliphatic heterocycles. The maximum atomic E-state index is 12.0. The minimum absolute atomic E-state index is 0.0621. The molecule has 0 spiro atoms. The molecule has 0 saturated heterocycles. The molecule has 6 N–H and O–H groups in total. The number of rotatable bonds is 9. The van der Waals surface area contributed by atoms with Gasteiger partial charge in [0.2, 0.25) is 5.96 Å². The Morgan fingerprint density at radius 1 is 1.03 bits per heavy atom. The van der Waals surface area contributed by atoms with Crippen LogP contribution in [-0.4, -0.2) is 40.7 Å². The van der Waals surface area contributed by atoms with Crippen molar-refractivity contribution in [1.82, 2.24) is 5.32 Å². The summed E-state index contributed by atoms with van der Waals surface area (Å²) >= 11 is 0. The van der Waals surface area contributed by atoms with Crippen molar-refractivity contribution in [2.24, 2.45) is 10.9 Å². The number of anilines is 1. The summed E-state index contributed by atoms with van der Waals surface area (Å²) in [6.07, 6.45) is 1.91. The highest BCUT2D eigenvalue weighted by atomic mass is 16.6. The number of nitrogens with two attached hydrogens (primary N) is 1. The third-order valence-corrected chi connectivity index (χ3v) is 3.49.